The van der Waals surface area contributed by atoms with Crippen molar-refractivity contribution in [1.29, 1.82) is 0 Å². The Kier molecular flexibility index (Phi) is 2.05. The Morgan fingerprint density at radius 3 is 2.33 bits per heavy atom. The molecule has 0 radical (unpaired) electrons. The van der Waals surface area contributed by atoms with Gasteiger partial charge in [0.05, 0.1) is 5.92 Å². The largest absolute Gasteiger partial charge is 0.481 e. The summed E-state index contributed by atoms with van der Waals surface area (Å²) < 4.78 is 0. The summed E-state index contributed by atoms with van der Waals surface area (Å²) in [4.78, 5) is 13.3. The van der Waals surface area contributed by atoms with Gasteiger partial charge in [-0.3, -0.25) is 4.79 Å². The van der Waals surface area contributed by atoms with Gasteiger partial charge in [0.1, 0.15) is 0 Å². The second-order valence-electron chi connectivity index (χ2n) is 3.91. The molecule has 0 aliphatic carbocycles. The minimum Gasteiger partial charge on any atom is -0.481 e. The Bertz CT molecular complexity index is 185. The summed E-state index contributed by atoms with van der Waals surface area (Å²) in [6.45, 7) is 3.23. The first kappa shape index (κ1) is 8.05. The Labute approximate surface area is 72.4 Å². The number of carbonyl (C=O) groups is 1. The fraction of sp³-hybridized carbons (Fsp3) is 0.889. The van der Waals surface area contributed by atoms with E-state index in [-0.39, 0.29) is 5.92 Å². The van der Waals surface area contributed by atoms with Crippen LogP contribution in [0.5, 0.6) is 0 Å². The van der Waals surface area contributed by atoms with Crippen molar-refractivity contribution in [3.8, 4) is 0 Å². The predicted molar refractivity (Wildman–Crippen MR) is 44.9 cm³/mol. The molecule has 1 unspecified atom stereocenters. The molecule has 3 saturated heterocycles. The third-order valence-electron chi connectivity index (χ3n) is 3.27. The molecule has 68 valence electrons. The molecule has 0 spiro atoms. The molecule has 1 N–H and O–H groups in total. The summed E-state index contributed by atoms with van der Waals surface area (Å²) in [5.74, 6) is -0.178. The maximum atomic E-state index is 10.9. The van der Waals surface area contributed by atoms with Crippen LogP contribution in [0.2, 0.25) is 0 Å². The van der Waals surface area contributed by atoms with Crippen LogP contribution in [0.4, 0.5) is 0 Å². The van der Waals surface area contributed by atoms with Gasteiger partial charge in [-0.15, -0.1) is 0 Å². The second-order valence-corrected chi connectivity index (χ2v) is 3.91. The van der Waals surface area contributed by atoms with Crippen LogP contribution in [0, 0.1) is 11.8 Å². The predicted octanol–water partition coefficient (Wildman–Crippen LogP) is 0.803. The van der Waals surface area contributed by atoms with Crippen LogP contribution in [0.25, 0.3) is 0 Å². The molecule has 12 heavy (non-hydrogen) atoms. The van der Waals surface area contributed by atoms with Gasteiger partial charge in [-0.25, -0.2) is 0 Å². The van der Waals surface area contributed by atoms with Crippen LogP contribution >= 0.6 is 0 Å². The zero-order valence-electron chi connectivity index (χ0n) is 7.20. The van der Waals surface area contributed by atoms with Gasteiger partial charge in [0.2, 0.25) is 0 Å². The van der Waals surface area contributed by atoms with Crippen LogP contribution in [-0.4, -0.2) is 35.6 Å². The molecule has 3 rings (SSSR count). The van der Waals surface area contributed by atoms with E-state index >= 15 is 0 Å². The van der Waals surface area contributed by atoms with E-state index in [2.05, 4.69) is 4.90 Å². The SMILES string of the molecule is O=C(O)C1CCN2CCC1CC2. The lowest BCUT2D eigenvalue weighted by atomic mass is 9.85. The Hall–Kier alpha value is -0.570. The van der Waals surface area contributed by atoms with Crippen LogP contribution in [0.3, 0.4) is 0 Å². The minimum atomic E-state index is -0.580. The van der Waals surface area contributed by atoms with Crippen LogP contribution in [0.15, 0.2) is 0 Å². The molecule has 0 aromatic rings. The van der Waals surface area contributed by atoms with Gasteiger partial charge >= 0.3 is 5.97 Å². The summed E-state index contributed by atoms with van der Waals surface area (Å²) in [6.07, 6.45) is 3.05. The highest BCUT2D eigenvalue weighted by Crippen LogP contribution is 2.31. The molecule has 3 heterocycles. The van der Waals surface area contributed by atoms with Crippen LogP contribution in [0.1, 0.15) is 19.3 Å². The van der Waals surface area contributed by atoms with Crippen molar-refractivity contribution in [3.63, 3.8) is 0 Å². The van der Waals surface area contributed by atoms with E-state index in [0.717, 1.165) is 38.9 Å². The molecule has 3 fully saturated rings. The molecule has 3 heteroatoms. The van der Waals surface area contributed by atoms with Crippen LogP contribution < -0.4 is 0 Å². The van der Waals surface area contributed by atoms with E-state index < -0.39 is 5.97 Å². The van der Waals surface area contributed by atoms with E-state index in [0.29, 0.717) is 5.92 Å². The van der Waals surface area contributed by atoms with Crippen LogP contribution in [-0.2, 0) is 4.79 Å². The molecule has 0 aromatic heterocycles. The maximum absolute atomic E-state index is 10.9. The highest BCUT2D eigenvalue weighted by Gasteiger charge is 2.34. The molecule has 3 aliphatic rings. The topological polar surface area (TPSA) is 40.5 Å². The van der Waals surface area contributed by atoms with E-state index in [9.17, 15) is 4.79 Å². The van der Waals surface area contributed by atoms with Gasteiger partial charge in [0.25, 0.3) is 0 Å². The third kappa shape index (κ3) is 1.33. The zero-order valence-corrected chi connectivity index (χ0v) is 7.20. The van der Waals surface area contributed by atoms with E-state index in [1.54, 1.807) is 0 Å². The molecule has 0 saturated carbocycles. The highest BCUT2D eigenvalue weighted by atomic mass is 16.4. The number of hydrogen-bond acceptors (Lipinski definition) is 2. The normalized spacial score (nSPS) is 40.8. The second kappa shape index (κ2) is 3.05. The first-order valence-electron chi connectivity index (χ1n) is 4.72. The molecular formula is C9H15NO2. The molecule has 3 aliphatic heterocycles. The van der Waals surface area contributed by atoms with Crippen molar-refractivity contribution in [2.75, 3.05) is 19.6 Å². The van der Waals surface area contributed by atoms with E-state index in [1.807, 2.05) is 0 Å². The summed E-state index contributed by atoms with van der Waals surface area (Å²) in [5, 5.41) is 8.96. The molecule has 1 atom stereocenters. The third-order valence-corrected chi connectivity index (χ3v) is 3.27. The average Bonchev–Trinajstić information content (AvgIpc) is 2.36. The quantitative estimate of drug-likeness (QED) is 0.631. The lowest BCUT2D eigenvalue weighted by Gasteiger charge is -2.27. The van der Waals surface area contributed by atoms with Crippen molar-refractivity contribution < 1.29 is 9.90 Å². The molecular weight excluding hydrogens is 154 g/mol. The number of hydrogen-bond donors (Lipinski definition) is 1. The van der Waals surface area contributed by atoms with E-state index in [4.69, 9.17) is 5.11 Å². The van der Waals surface area contributed by atoms with Gasteiger partial charge in [-0.1, -0.05) is 0 Å². The monoisotopic (exact) mass is 169 g/mol. The fourth-order valence-electron chi connectivity index (χ4n) is 2.46. The number of carboxylic acid groups (broad SMARTS) is 1. The molecule has 3 nitrogen and oxygen atoms in total. The summed E-state index contributed by atoms with van der Waals surface area (Å²) in [7, 11) is 0. The lowest BCUT2D eigenvalue weighted by Crippen LogP contribution is -2.31. The number of carboxylic acids is 1. The summed E-state index contributed by atoms with van der Waals surface area (Å²) in [6, 6.07) is 0. The van der Waals surface area contributed by atoms with Gasteiger partial charge < -0.3 is 10.0 Å². The lowest BCUT2D eigenvalue weighted by molar-refractivity contribution is -0.143. The maximum Gasteiger partial charge on any atom is 0.306 e. The Morgan fingerprint density at radius 1 is 1.17 bits per heavy atom. The smallest absolute Gasteiger partial charge is 0.306 e. The molecule has 0 amide bonds. The first-order chi connectivity index (χ1) is 5.77. The summed E-state index contributed by atoms with van der Waals surface area (Å²) >= 11 is 0. The van der Waals surface area contributed by atoms with Crippen molar-refractivity contribution in [1.82, 2.24) is 4.90 Å². The first-order valence-corrected chi connectivity index (χ1v) is 4.72. The Morgan fingerprint density at radius 2 is 1.75 bits per heavy atom. The number of fused-ring (bicyclic) bond motifs is 4. The van der Waals surface area contributed by atoms with Gasteiger partial charge in [-0.05, 0) is 44.8 Å². The zero-order chi connectivity index (χ0) is 8.55. The van der Waals surface area contributed by atoms with Crippen molar-refractivity contribution in [2.45, 2.75) is 19.3 Å². The Balaban J connectivity index is 2.10. The number of rotatable bonds is 1. The minimum absolute atomic E-state index is 0.0579. The number of nitrogens with zero attached hydrogens (tertiary/aromatic N) is 1. The molecule has 2 bridgehead atoms. The van der Waals surface area contributed by atoms with Gasteiger partial charge in [0, 0.05) is 0 Å². The summed E-state index contributed by atoms with van der Waals surface area (Å²) in [5.41, 5.74) is 0. The fourth-order valence-corrected chi connectivity index (χ4v) is 2.46. The number of aliphatic carboxylic acids is 1. The van der Waals surface area contributed by atoms with Gasteiger partial charge in [0.15, 0.2) is 0 Å². The number of piperidine rings is 1. The molecule has 0 aromatic carbocycles. The standard InChI is InChI=1S/C9H15NO2/c11-9(12)8-3-6-10-4-1-7(8)2-5-10/h7-8H,1-6H2,(H,11,12). The van der Waals surface area contributed by atoms with Crippen molar-refractivity contribution >= 4 is 5.97 Å². The van der Waals surface area contributed by atoms with Crippen molar-refractivity contribution in [2.24, 2.45) is 11.8 Å². The van der Waals surface area contributed by atoms with E-state index in [1.165, 1.54) is 0 Å². The highest BCUT2D eigenvalue weighted by molar-refractivity contribution is 5.70. The van der Waals surface area contributed by atoms with Gasteiger partial charge in [-0.2, -0.15) is 0 Å². The average molecular weight is 169 g/mol. The van der Waals surface area contributed by atoms with Crippen molar-refractivity contribution in [3.05, 3.63) is 0 Å².